The highest BCUT2D eigenvalue weighted by molar-refractivity contribution is 5.29. The number of rotatable bonds is 7. The maximum Gasteiger partial charge on any atom is 0.129 e. The first-order chi connectivity index (χ1) is 13.5. The summed E-state index contributed by atoms with van der Waals surface area (Å²) in [5, 5.41) is 0. The summed E-state index contributed by atoms with van der Waals surface area (Å²) in [5.74, 6) is 0.433. The third-order valence-corrected chi connectivity index (χ3v) is 4.88. The van der Waals surface area contributed by atoms with Crippen molar-refractivity contribution in [3.8, 4) is 5.75 Å². The number of ether oxygens (including phenoxy) is 1. The lowest BCUT2D eigenvalue weighted by molar-refractivity contribution is 0.126. The zero-order chi connectivity index (χ0) is 20.1. The molecular formula is C23H26FN3O. The zero-order valence-electron chi connectivity index (χ0n) is 16.2. The summed E-state index contributed by atoms with van der Waals surface area (Å²) in [6.07, 6.45) is -1.18. The summed E-state index contributed by atoms with van der Waals surface area (Å²) in [5.41, 5.74) is 16.6. The van der Waals surface area contributed by atoms with E-state index in [1.807, 2.05) is 60.4 Å². The maximum absolute atomic E-state index is 14.4. The minimum Gasteiger partial charge on any atom is -0.497 e. The summed E-state index contributed by atoms with van der Waals surface area (Å²) in [6, 6.07) is 22.2. The lowest BCUT2D eigenvalue weighted by atomic mass is 10.1. The molecule has 4 nitrogen and oxygen atoms in total. The van der Waals surface area contributed by atoms with E-state index in [-0.39, 0.29) is 5.82 Å². The smallest absolute Gasteiger partial charge is 0.129 e. The molecule has 0 spiro atoms. The summed E-state index contributed by atoms with van der Waals surface area (Å²) in [6.45, 7) is 2.49. The van der Waals surface area contributed by atoms with Gasteiger partial charge >= 0.3 is 0 Å². The van der Waals surface area contributed by atoms with Crippen molar-refractivity contribution in [3.63, 3.8) is 0 Å². The van der Waals surface area contributed by atoms with Crippen LogP contribution in [-0.2, 0) is 6.54 Å². The van der Waals surface area contributed by atoms with E-state index < -0.39 is 12.3 Å². The molecule has 3 aromatic rings. The highest BCUT2D eigenvalue weighted by Gasteiger charge is 2.25. The highest BCUT2D eigenvalue weighted by Crippen LogP contribution is 2.28. The highest BCUT2D eigenvalue weighted by atomic mass is 19.1. The molecule has 0 aliphatic rings. The van der Waals surface area contributed by atoms with Crippen LogP contribution in [0.5, 0.6) is 5.75 Å². The van der Waals surface area contributed by atoms with Crippen LogP contribution in [0.3, 0.4) is 0 Å². The molecule has 0 saturated carbocycles. The molecule has 3 rings (SSSR count). The Morgan fingerprint density at radius 2 is 1.54 bits per heavy atom. The largest absolute Gasteiger partial charge is 0.497 e. The van der Waals surface area contributed by atoms with Gasteiger partial charge in [0.25, 0.3) is 0 Å². The molecule has 0 saturated heterocycles. The monoisotopic (exact) mass is 379 g/mol. The van der Waals surface area contributed by atoms with Crippen molar-refractivity contribution in [2.24, 2.45) is 11.5 Å². The second-order valence-corrected chi connectivity index (χ2v) is 6.84. The third-order valence-electron chi connectivity index (χ3n) is 4.88. The topological polar surface area (TPSA) is 64.5 Å². The molecule has 0 fully saturated rings. The number of nitrogens with zero attached hydrogens (tertiary/aromatic N) is 1. The zero-order valence-corrected chi connectivity index (χ0v) is 16.2. The van der Waals surface area contributed by atoms with E-state index in [1.54, 1.807) is 25.3 Å². The molecule has 0 aliphatic heterocycles. The van der Waals surface area contributed by atoms with Crippen LogP contribution >= 0.6 is 0 Å². The number of nitrogens with two attached hydrogens (primary N) is 2. The first kappa shape index (κ1) is 20.0. The van der Waals surface area contributed by atoms with Gasteiger partial charge in [-0.1, -0.05) is 60.2 Å². The van der Waals surface area contributed by atoms with E-state index in [0.717, 1.165) is 22.4 Å². The van der Waals surface area contributed by atoms with E-state index in [4.69, 9.17) is 16.2 Å². The Balaban J connectivity index is 1.94. The number of hydrogen-bond donors (Lipinski definition) is 2. The van der Waals surface area contributed by atoms with Gasteiger partial charge < -0.3 is 16.2 Å². The summed E-state index contributed by atoms with van der Waals surface area (Å²) >= 11 is 0. The van der Waals surface area contributed by atoms with Crippen molar-refractivity contribution in [2.75, 3.05) is 7.11 Å². The van der Waals surface area contributed by atoms with Crippen molar-refractivity contribution in [1.29, 1.82) is 0 Å². The van der Waals surface area contributed by atoms with Crippen molar-refractivity contribution < 1.29 is 9.13 Å². The summed E-state index contributed by atoms with van der Waals surface area (Å²) in [4.78, 5) is 1.89. The molecule has 0 bridgehead atoms. The second-order valence-electron chi connectivity index (χ2n) is 6.84. The van der Waals surface area contributed by atoms with Gasteiger partial charge in [0, 0.05) is 12.1 Å². The summed E-state index contributed by atoms with van der Waals surface area (Å²) < 4.78 is 19.6. The molecule has 0 heterocycles. The maximum atomic E-state index is 14.4. The average Bonchev–Trinajstić information content (AvgIpc) is 2.72. The van der Waals surface area contributed by atoms with Crippen LogP contribution < -0.4 is 16.2 Å². The Kier molecular flexibility index (Phi) is 6.41. The van der Waals surface area contributed by atoms with Gasteiger partial charge in [0.2, 0.25) is 0 Å². The molecule has 0 radical (unpaired) electrons. The molecule has 0 amide bonds. The van der Waals surface area contributed by atoms with Gasteiger partial charge in [0.1, 0.15) is 11.6 Å². The Hall–Kier alpha value is -2.73. The molecule has 2 unspecified atom stereocenters. The van der Waals surface area contributed by atoms with Gasteiger partial charge in [0.05, 0.1) is 19.4 Å². The van der Waals surface area contributed by atoms with Crippen molar-refractivity contribution in [1.82, 2.24) is 4.90 Å². The lowest BCUT2D eigenvalue weighted by Crippen LogP contribution is -2.41. The predicted molar refractivity (Wildman–Crippen MR) is 110 cm³/mol. The molecule has 0 aromatic heterocycles. The van der Waals surface area contributed by atoms with Gasteiger partial charge in [-0.25, -0.2) is 4.39 Å². The van der Waals surface area contributed by atoms with Crippen LogP contribution in [-0.4, -0.2) is 12.0 Å². The van der Waals surface area contributed by atoms with Crippen LogP contribution in [0.4, 0.5) is 4.39 Å². The number of aryl methyl sites for hydroxylation is 1. The summed E-state index contributed by atoms with van der Waals surface area (Å²) in [7, 11) is 1.63. The Bertz CT molecular complexity index is 896. The first-order valence-electron chi connectivity index (χ1n) is 9.20. The van der Waals surface area contributed by atoms with Crippen LogP contribution in [0.15, 0.2) is 72.8 Å². The predicted octanol–water partition coefficient (Wildman–Crippen LogP) is 4.26. The molecule has 146 valence electrons. The minimum absolute atomic E-state index is 0.342. The van der Waals surface area contributed by atoms with Crippen LogP contribution in [0.25, 0.3) is 0 Å². The van der Waals surface area contributed by atoms with Crippen LogP contribution in [0, 0.1) is 12.7 Å². The van der Waals surface area contributed by atoms with Gasteiger partial charge in [-0.3, -0.25) is 4.90 Å². The molecule has 4 N–H and O–H groups in total. The fourth-order valence-electron chi connectivity index (χ4n) is 3.16. The van der Waals surface area contributed by atoms with E-state index in [0.29, 0.717) is 12.1 Å². The minimum atomic E-state index is -0.695. The molecule has 28 heavy (non-hydrogen) atoms. The second kappa shape index (κ2) is 8.97. The number of benzene rings is 3. The molecule has 2 atom stereocenters. The fraction of sp³-hybridized carbons (Fsp3) is 0.217. The van der Waals surface area contributed by atoms with Crippen LogP contribution in [0.1, 0.15) is 34.6 Å². The Morgan fingerprint density at radius 3 is 2.14 bits per heavy atom. The molecule has 3 aromatic carbocycles. The molecule has 5 heteroatoms. The van der Waals surface area contributed by atoms with E-state index in [9.17, 15) is 4.39 Å². The third kappa shape index (κ3) is 4.57. The van der Waals surface area contributed by atoms with Crippen molar-refractivity contribution >= 4 is 0 Å². The molecular weight excluding hydrogens is 353 g/mol. The van der Waals surface area contributed by atoms with Gasteiger partial charge in [-0.05, 0) is 36.2 Å². The van der Waals surface area contributed by atoms with E-state index in [1.165, 1.54) is 6.07 Å². The first-order valence-corrected chi connectivity index (χ1v) is 9.20. The number of methoxy groups -OCH3 is 1. The number of hydrogen-bond acceptors (Lipinski definition) is 4. The van der Waals surface area contributed by atoms with E-state index >= 15 is 0 Å². The van der Waals surface area contributed by atoms with Crippen LogP contribution in [0.2, 0.25) is 0 Å². The van der Waals surface area contributed by atoms with Gasteiger partial charge in [-0.15, -0.1) is 0 Å². The van der Waals surface area contributed by atoms with E-state index in [2.05, 4.69) is 0 Å². The molecule has 0 aliphatic carbocycles. The Labute approximate surface area is 165 Å². The quantitative estimate of drug-likeness (QED) is 0.602. The van der Waals surface area contributed by atoms with Gasteiger partial charge in [0.15, 0.2) is 0 Å². The SMILES string of the molecule is COc1ccc(CN(C(N)c2ccc(C)cc2)C(N)c2ccccc2F)cc1. The Morgan fingerprint density at radius 1 is 0.893 bits per heavy atom. The van der Waals surface area contributed by atoms with Crippen molar-refractivity contribution in [2.45, 2.75) is 25.8 Å². The van der Waals surface area contributed by atoms with Gasteiger partial charge in [-0.2, -0.15) is 0 Å². The average molecular weight is 379 g/mol. The normalized spacial score (nSPS) is 13.4. The fourth-order valence-corrected chi connectivity index (χ4v) is 3.16. The number of halogens is 1. The lowest BCUT2D eigenvalue weighted by Gasteiger charge is -2.35. The standard InChI is InChI=1S/C23H26FN3O/c1-16-7-11-18(12-8-16)22(25)27(15-17-9-13-19(28-2)14-10-17)23(26)20-5-3-4-6-21(20)24/h3-14,22-23H,15,25-26H2,1-2H3. The van der Waals surface area contributed by atoms with Crippen molar-refractivity contribution in [3.05, 3.63) is 101 Å².